The Morgan fingerprint density at radius 3 is 2.52 bits per heavy atom. The first-order valence-electron chi connectivity index (χ1n) is 7.99. The minimum atomic E-state index is -0.387. The van der Waals surface area contributed by atoms with Crippen molar-refractivity contribution < 1.29 is 19.1 Å². The topological polar surface area (TPSA) is 75.7 Å². The van der Waals surface area contributed by atoms with Crippen molar-refractivity contribution in [3.05, 3.63) is 52.2 Å². The number of nitrogens with one attached hydrogen (secondary N) is 1. The lowest BCUT2D eigenvalue weighted by Crippen LogP contribution is -2.54. The fraction of sp³-hybridized carbons (Fsp3) is 0.278. The Kier molecular flexibility index (Phi) is 5.14. The highest BCUT2D eigenvalue weighted by Gasteiger charge is 2.36. The van der Waals surface area contributed by atoms with E-state index < -0.39 is 0 Å². The van der Waals surface area contributed by atoms with Crippen molar-refractivity contribution in [3.63, 3.8) is 0 Å². The Hall–Kier alpha value is -2.67. The summed E-state index contributed by atoms with van der Waals surface area (Å²) in [6.45, 7) is 2.91. The van der Waals surface area contributed by atoms with E-state index in [1.165, 1.54) is 11.3 Å². The average molecular weight is 358 g/mol. The highest BCUT2D eigenvalue weighted by Crippen LogP contribution is 2.22. The lowest BCUT2D eigenvalue weighted by molar-refractivity contribution is -0.123. The summed E-state index contributed by atoms with van der Waals surface area (Å²) in [7, 11) is 0. The van der Waals surface area contributed by atoms with Crippen LogP contribution in [0.4, 0.5) is 5.69 Å². The largest absolute Gasteiger partial charge is 0.462 e. The molecule has 1 fully saturated rings. The van der Waals surface area contributed by atoms with Gasteiger partial charge in [0, 0.05) is 18.8 Å². The van der Waals surface area contributed by atoms with Gasteiger partial charge < -0.3 is 15.0 Å². The smallest absolute Gasteiger partial charge is 0.338 e. The Balaban J connectivity index is 1.50. The summed E-state index contributed by atoms with van der Waals surface area (Å²) >= 11 is 1.40. The minimum Gasteiger partial charge on any atom is -0.462 e. The average Bonchev–Trinajstić information content (AvgIpc) is 3.08. The molecule has 25 heavy (non-hydrogen) atoms. The third-order valence-electron chi connectivity index (χ3n) is 3.94. The van der Waals surface area contributed by atoms with E-state index in [2.05, 4.69) is 5.32 Å². The lowest BCUT2D eigenvalue weighted by Gasteiger charge is -2.37. The molecule has 1 aliphatic rings. The number of benzene rings is 1. The molecule has 2 amide bonds. The predicted molar refractivity (Wildman–Crippen MR) is 94.7 cm³/mol. The summed E-state index contributed by atoms with van der Waals surface area (Å²) in [5.74, 6) is -0.757. The molecule has 1 aromatic carbocycles. The number of ether oxygens (including phenoxy) is 1. The van der Waals surface area contributed by atoms with E-state index in [1.54, 1.807) is 42.2 Å². The highest BCUT2D eigenvalue weighted by atomic mass is 32.1. The monoisotopic (exact) mass is 358 g/mol. The molecule has 2 heterocycles. The summed E-state index contributed by atoms with van der Waals surface area (Å²) < 4.78 is 4.92. The maximum Gasteiger partial charge on any atom is 0.338 e. The third kappa shape index (κ3) is 3.88. The Labute approximate surface area is 149 Å². The third-order valence-corrected chi connectivity index (χ3v) is 4.79. The van der Waals surface area contributed by atoms with Gasteiger partial charge in [-0.1, -0.05) is 6.07 Å². The van der Waals surface area contributed by atoms with Crippen molar-refractivity contribution in [1.29, 1.82) is 0 Å². The first-order valence-corrected chi connectivity index (χ1v) is 8.87. The zero-order valence-corrected chi connectivity index (χ0v) is 14.5. The van der Waals surface area contributed by atoms with Gasteiger partial charge in [0.1, 0.15) is 0 Å². The van der Waals surface area contributed by atoms with Gasteiger partial charge in [-0.25, -0.2) is 4.79 Å². The number of hydrogen-bond acceptors (Lipinski definition) is 5. The molecule has 1 saturated heterocycles. The number of likely N-dealkylation sites (tertiary alicyclic amines) is 1. The van der Waals surface area contributed by atoms with Crippen LogP contribution in [-0.2, 0) is 9.53 Å². The number of carbonyl (C=O) groups excluding carboxylic acids is 3. The first-order chi connectivity index (χ1) is 12.1. The summed E-state index contributed by atoms with van der Waals surface area (Å²) in [5, 5.41) is 4.67. The minimum absolute atomic E-state index is 0.0298. The van der Waals surface area contributed by atoms with E-state index >= 15 is 0 Å². The standard InChI is InChI=1S/C18H18N2O4S/c1-2-24-18(23)12-5-7-14(8-6-12)19-16(21)13-10-20(11-13)17(22)15-4-3-9-25-15/h3-9,13H,2,10-11H2,1H3,(H,19,21). The van der Waals surface area contributed by atoms with Gasteiger partial charge in [-0.2, -0.15) is 0 Å². The van der Waals surface area contributed by atoms with Crippen LogP contribution in [0.25, 0.3) is 0 Å². The second-order valence-corrected chi connectivity index (χ2v) is 6.62. The SMILES string of the molecule is CCOC(=O)c1ccc(NC(=O)C2CN(C(=O)c3cccs3)C2)cc1. The van der Waals surface area contributed by atoms with E-state index in [0.29, 0.717) is 35.8 Å². The normalized spacial score (nSPS) is 13.9. The summed E-state index contributed by atoms with van der Waals surface area (Å²) in [4.78, 5) is 38.3. The van der Waals surface area contributed by atoms with Crippen molar-refractivity contribution >= 4 is 34.8 Å². The molecule has 0 bridgehead atoms. The predicted octanol–water partition coefficient (Wildman–Crippen LogP) is 2.64. The summed E-state index contributed by atoms with van der Waals surface area (Å²) in [5.41, 5.74) is 1.05. The molecule has 0 saturated carbocycles. The number of amides is 2. The molecule has 1 N–H and O–H groups in total. The van der Waals surface area contributed by atoms with Crippen LogP contribution in [0.2, 0.25) is 0 Å². The van der Waals surface area contributed by atoms with E-state index in [9.17, 15) is 14.4 Å². The maximum atomic E-state index is 12.2. The second-order valence-electron chi connectivity index (χ2n) is 5.67. The van der Waals surface area contributed by atoms with Gasteiger partial charge in [-0.3, -0.25) is 9.59 Å². The van der Waals surface area contributed by atoms with Crippen molar-refractivity contribution in [3.8, 4) is 0 Å². The zero-order chi connectivity index (χ0) is 17.8. The maximum absolute atomic E-state index is 12.2. The van der Waals surface area contributed by atoms with E-state index in [0.717, 1.165) is 0 Å². The molecule has 0 radical (unpaired) electrons. The van der Waals surface area contributed by atoms with Crippen molar-refractivity contribution in [2.45, 2.75) is 6.92 Å². The van der Waals surface area contributed by atoms with Gasteiger partial charge in [0.2, 0.25) is 5.91 Å². The summed E-state index contributed by atoms with van der Waals surface area (Å²) in [6.07, 6.45) is 0. The Morgan fingerprint density at radius 2 is 1.92 bits per heavy atom. The van der Waals surface area contributed by atoms with Gasteiger partial charge in [0.05, 0.1) is 23.0 Å². The zero-order valence-electron chi connectivity index (χ0n) is 13.7. The number of esters is 1. The molecule has 0 atom stereocenters. The molecule has 1 aliphatic heterocycles. The van der Waals surface area contributed by atoms with Gasteiger partial charge in [-0.05, 0) is 42.6 Å². The molecule has 6 nitrogen and oxygen atoms in total. The van der Waals surface area contributed by atoms with Crippen LogP contribution in [0.1, 0.15) is 27.0 Å². The molecular formula is C18H18N2O4S. The summed E-state index contributed by atoms with van der Waals surface area (Å²) in [6, 6.07) is 10.2. The van der Waals surface area contributed by atoms with Crippen LogP contribution in [0.15, 0.2) is 41.8 Å². The van der Waals surface area contributed by atoms with Crippen molar-refractivity contribution in [2.75, 3.05) is 25.0 Å². The number of rotatable bonds is 5. The Bertz CT molecular complexity index is 765. The van der Waals surface area contributed by atoms with E-state index in [4.69, 9.17) is 4.74 Å². The number of anilines is 1. The van der Waals surface area contributed by atoms with E-state index in [-0.39, 0.29) is 23.7 Å². The first kappa shape index (κ1) is 17.2. The van der Waals surface area contributed by atoms with Crippen molar-refractivity contribution in [2.24, 2.45) is 5.92 Å². The highest BCUT2D eigenvalue weighted by molar-refractivity contribution is 7.12. The molecule has 0 unspecified atom stereocenters. The van der Waals surface area contributed by atoms with Crippen LogP contribution in [0, 0.1) is 5.92 Å². The van der Waals surface area contributed by atoms with Crippen LogP contribution < -0.4 is 5.32 Å². The number of thiophene rings is 1. The van der Waals surface area contributed by atoms with Crippen LogP contribution >= 0.6 is 11.3 Å². The molecule has 3 rings (SSSR count). The van der Waals surface area contributed by atoms with Gasteiger partial charge in [0.15, 0.2) is 0 Å². The fourth-order valence-corrected chi connectivity index (χ4v) is 3.21. The molecule has 7 heteroatoms. The molecule has 130 valence electrons. The van der Waals surface area contributed by atoms with Crippen molar-refractivity contribution in [1.82, 2.24) is 4.90 Å². The molecule has 2 aromatic rings. The number of hydrogen-bond donors (Lipinski definition) is 1. The second kappa shape index (κ2) is 7.48. The van der Waals surface area contributed by atoms with E-state index in [1.807, 2.05) is 11.4 Å². The van der Waals surface area contributed by atoms with Crippen LogP contribution in [-0.4, -0.2) is 42.4 Å². The molecule has 1 aromatic heterocycles. The molecule has 0 spiro atoms. The Morgan fingerprint density at radius 1 is 1.20 bits per heavy atom. The van der Waals surface area contributed by atoms with Gasteiger partial charge in [-0.15, -0.1) is 11.3 Å². The van der Waals surface area contributed by atoms with Crippen LogP contribution in [0.5, 0.6) is 0 Å². The van der Waals surface area contributed by atoms with Crippen LogP contribution in [0.3, 0.4) is 0 Å². The molecular weight excluding hydrogens is 340 g/mol. The fourth-order valence-electron chi connectivity index (χ4n) is 2.51. The quantitative estimate of drug-likeness (QED) is 0.834. The lowest BCUT2D eigenvalue weighted by atomic mass is 9.98. The van der Waals surface area contributed by atoms with Gasteiger partial charge in [0.25, 0.3) is 5.91 Å². The van der Waals surface area contributed by atoms with Gasteiger partial charge >= 0.3 is 5.97 Å². The number of nitrogens with zero attached hydrogens (tertiary/aromatic N) is 1. The molecule has 0 aliphatic carbocycles. The number of carbonyl (C=O) groups is 3.